The topological polar surface area (TPSA) is 86.3 Å². The number of piperidine rings is 1. The van der Waals surface area contributed by atoms with E-state index in [1.807, 2.05) is 19.1 Å². The first-order chi connectivity index (χ1) is 15.1. The SMILES string of the molecule is CCOc1ccc(OCC(=O)N2CCC(NC(=O)c3ccc4c(c3)OCO4)CC2)cc1. The van der Waals surface area contributed by atoms with E-state index < -0.39 is 0 Å². The van der Waals surface area contributed by atoms with Gasteiger partial charge in [-0.2, -0.15) is 0 Å². The Bertz CT molecular complexity index is 922. The van der Waals surface area contributed by atoms with Gasteiger partial charge in [-0.1, -0.05) is 0 Å². The first-order valence-corrected chi connectivity index (χ1v) is 10.5. The van der Waals surface area contributed by atoms with Crippen LogP contribution >= 0.6 is 0 Å². The average molecular weight is 426 g/mol. The highest BCUT2D eigenvalue weighted by Gasteiger charge is 2.25. The van der Waals surface area contributed by atoms with Crippen LogP contribution in [0.15, 0.2) is 42.5 Å². The summed E-state index contributed by atoms with van der Waals surface area (Å²) in [6.07, 6.45) is 1.40. The fourth-order valence-electron chi connectivity index (χ4n) is 3.61. The Labute approximate surface area is 181 Å². The van der Waals surface area contributed by atoms with Gasteiger partial charge in [-0.3, -0.25) is 9.59 Å². The van der Waals surface area contributed by atoms with Gasteiger partial charge in [0.15, 0.2) is 18.1 Å². The molecule has 2 aromatic carbocycles. The minimum atomic E-state index is -0.151. The Morgan fingerprint density at radius 1 is 1.00 bits per heavy atom. The van der Waals surface area contributed by atoms with E-state index in [0.29, 0.717) is 55.4 Å². The number of amides is 2. The van der Waals surface area contributed by atoms with Gasteiger partial charge in [-0.25, -0.2) is 0 Å². The Kier molecular flexibility index (Phi) is 6.45. The van der Waals surface area contributed by atoms with E-state index >= 15 is 0 Å². The number of carbonyl (C=O) groups is 2. The monoisotopic (exact) mass is 426 g/mol. The van der Waals surface area contributed by atoms with Crippen LogP contribution in [0.3, 0.4) is 0 Å². The molecule has 0 spiro atoms. The summed E-state index contributed by atoms with van der Waals surface area (Å²) < 4.78 is 21.6. The smallest absolute Gasteiger partial charge is 0.260 e. The Morgan fingerprint density at radius 2 is 1.68 bits per heavy atom. The fourth-order valence-corrected chi connectivity index (χ4v) is 3.61. The number of fused-ring (bicyclic) bond motifs is 1. The summed E-state index contributed by atoms with van der Waals surface area (Å²) in [5.74, 6) is 2.42. The molecule has 31 heavy (non-hydrogen) atoms. The molecule has 0 bridgehead atoms. The normalized spacial score (nSPS) is 15.5. The number of nitrogens with zero attached hydrogens (tertiary/aromatic N) is 1. The van der Waals surface area contributed by atoms with Gasteiger partial charge in [0.25, 0.3) is 11.8 Å². The van der Waals surface area contributed by atoms with E-state index in [-0.39, 0.29) is 31.3 Å². The average Bonchev–Trinajstić information content (AvgIpc) is 3.27. The van der Waals surface area contributed by atoms with Crippen LogP contribution < -0.4 is 24.3 Å². The second-order valence-electron chi connectivity index (χ2n) is 7.39. The second kappa shape index (κ2) is 9.59. The van der Waals surface area contributed by atoms with Crippen molar-refractivity contribution in [3.05, 3.63) is 48.0 Å². The zero-order chi connectivity index (χ0) is 21.6. The van der Waals surface area contributed by atoms with E-state index in [1.165, 1.54) is 0 Å². The number of nitrogens with one attached hydrogen (secondary N) is 1. The minimum Gasteiger partial charge on any atom is -0.494 e. The van der Waals surface area contributed by atoms with Crippen molar-refractivity contribution in [2.75, 3.05) is 33.1 Å². The zero-order valence-corrected chi connectivity index (χ0v) is 17.5. The highest BCUT2D eigenvalue weighted by atomic mass is 16.7. The molecule has 0 radical (unpaired) electrons. The molecule has 164 valence electrons. The third-order valence-electron chi connectivity index (χ3n) is 5.31. The first-order valence-electron chi connectivity index (χ1n) is 10.5. The molecular weight excluding hydrogens is 400 g/mol. The van der Waals surface area contributed by atoms with Crippen molar-refractivity contribution in [1.82, 2.24) is 10.2 Å². The lowest BCUT2D eigenvalue weighted by atomic mass is 10.0. The summed E-state index contributed by atoms with van der Waals surface area (Å²) in [7, 11) is 0. The molecule has 1 N–H and O–H groups in total. The molecule has 2 amide bonds. The van der Waals surface area contributed by atoms with Crippen molar-refractivity contribution >= 4 is 11.8 Å². The minimum absolute atomic E-state index is 0.0117. The van der Waals surface area contributed by atoms with Crippen LogP contribution in [0.1, 0.15) is 30.1 Å². The highest BCUT2D eigenvalue weighted by molar-refractivity contribution is 5.95. The second-order valence-corrected chi connectivity index (χ2v) is 7.39. The Balaban J connectivity index is 1.21. The number of benzene rings is 2. The summed E-state index contributed by atoms with van der Waals surface area (Å²) in [4.78, 5) is 26.8. The molecule has 2 aliphatic rings. The molecule has 2 heterocycles. The van der Waals surface area contributed by atoms with Crippen molar-refractivity contribution < 1.29 is 28.5 Å². The molecule has 8 nitrogen and oxygen atoms in total. The van der Waals surface area contributed by atoms with Crippen LogP contribution in [0.25, 0.3) is 0 Å². The first kappa shape index (κ1) is 20.8. The predicted molar refractivity (Wildman–Crippen MR) is 113 cm³/mol. The predicted octanol–water partition coefficient (Wildman–Crippen LogP) is 2.61. The van der Waals surface area contributed by atoms with Gasteiger partial charge in [0.1, 0.15) is 11.5 Å². The summed E-state index contributed by atoms with van der Waals surface area (Å²) >= 11 is 0. The maximum absolute atomic E-state index is 12.5. The number of ether oxygens (including phenoxy) is 4. The molecule has 0 aliphatic carbocycles. The number of hydrogen-bond acceptors (Lipinski definition) is 6. The van der Waals surface area contributed by atoms with E-state index in [4.69, 9.17) is 18.9 Å². The maximum Gasteiger partial charge on any atom is 0.260 e. The summed E-state index contributed by atoms with van der Waals surface area (Å²) in [6, 6.07) is 12.4. The molecule has 4 rings (SSSR count). The number of rotatable bonds is 7. The Hall–Kier alpha value is -3.42. The lowest BCUT2D eigenvalue weighted by Crippen LogP contribution is -2.47. The van der Waals surface area contributed by atoms with Crippen LogP contribution in [0.5, 0.6) is 23.0 Å². The molecule has 2 aromatic rings. The van der Waals surface area contributed by atoms with Gasteiger partial charge in [0, 0.05) is 24.7 Å². The maximum atomic E-state index is 12.5. The van der Waals surface area contributed by atoms with Crippen molar-refractivity contribution in [1.29, 1.82) is 0 Å². The van der Waals surface area contributed by atoms with Crippen molar-refractivity contribution in [3.8, 4) is 23.0 Å². The van der Waals surface area contributed by atoms with Crippen LogP contribution in [0, 0.1) is 0 Å². The van der Waals surface area contributed by atoms with E-state index in [9.17, 15) is 9.59 Å². The molecular formula is C23H26N2O6. The molecule has 2 aliphatic heterocycles. The van der Waals surface area contributed by atoms with Crippen LogP contribution in [0.2, 0.25) is 0 Å². The standard InChI is InChI=1S/C23H26N2O6/c1-2-28-18-4-6-19(7-5-18)29-14-22(26)25-11-9-17(10-12-25)24-23(27)16-3-8-20-21(13-16)31-15-30-20/h3-8,13,17H,2,9-12,14-15H2,1H3,(H,24,27). The molecule has 0 atom stereocenters. The van der Waals surface area contributed by atoms with E-state index in [0.717, 1.165) is 5.75 Å². The number of likely N-dealkylation sites (tertiary alicyclic amines) is 1. The number of carbonyl (C=O) groups excluding carboxylic acids is 2. The van der Waals surface area contributed by atoms with Crippen molar-refractivity contribution in [3.63, 3.8) is 0 Å². The van der Waals surface area contributed by atoms with E-state index in [2.05, 4.69) is 5.32 Å². The largest absolute Gasteiger partial charge is 0.494 e. The third-order valence-corrected chi connectivity index (χ3v) is 5.31. The fraction of sp³-hybridized carbons (Fsp3) is 0.391. The van der Waals surface area contributed by atoms with Crippen LogP contribution in [-0.4, -0.2) is 55.9 Å². The molecule has 8 heteroatoms. The molecule has 0 saturated carbocycles. The Morgan fingerprint density at radius 3 is 2.39 bits per heavy atom. The van der Waals surface area contributed by atoms with Gasteiger partial charge < -0.3 is 29.2 Å². The zero-order valence-electron chi connectivity index (χ0n) is 17.5. The lowest BCUT2D eigenvalue weighted by molar-refractivity contribution is -0.134. The summed E-state index contributed by atoms with van der Waals surface area (Å²) in [5, 5.41) is 3.04. The van der Waals surface area contributed by atoms with Gasteiger partial charge in [0.2, 0.25) is 6.79 Å². The molecule has 0 aromatic heterocycles. The highest BCUT2D eigenvalue weighted by Crippen LogP contribution is 2.32. The lowest BCUT2D eigenvalue weighted by Gasteiger charge is -2.32. The van der Waals surface area contributed by atoms with Crippen molar-refractivity contribution in [2.24, 2.45) is 0 Å². The van der Waals surface area contributed by atoms with Gasteiger partial charge in [-0.05, 0) is 62.2 Å². The van der Waals surface area contributed by atoms with Gasteiger partial charge in [0.05, 0.1) is 6.61 Å². The summed E-state index contributed by atoms with van der Waals surface area (Å²) in [5.41, 5.74) is 0.534. The molecule has 1 saturated heterocycles. The molecule has 0 unspecified atom stereocenters. The number of hydrogen-bond donors (Lipinski definition) is 1. The quantitative estimate of drug-likeness (QED) is 0.733. The van der Waals surface area contributed by atoms with Crippen molar-refractivity contribution in [2.45, 2.75) is 25.8 Å². The van der Waals surface area contributed by atoms with Gasteiger partial charge in [-0.15, -0.1) is 0 Å². The van der Waals surface area contributed by atoms with E-state index in [1.54, 1.807) is 35.2 Å². The summed E-state index contributed by atoms with van der Waals surface area (Å²) in [6.45, 7) is 3.85. The van der Waals surface area contributed by atoms with Crippen LogP contribution in [-0.2, 0) is 4.79 Å². The third kappa shape index (κ3) is 5.20. The van der Waals surface area contributed by atoms with Crippen LogP contribution in [0.4, 0.5) is 0 Å². The molecule has 1 fully saturated rings. The van der Waals surface area contributed by atoms with Gasteiger partial charge >= 0.3 is 0 Å².